The first-order valence-electron chi connectivity index (χ1n) is 7.66. The number of aliphatic imine (C=N–C) groups is 1. The lowest BCUT2D eigenvalue weighted by molar-refractivity contribution is 0.304. The molecule has 5 heteroatoms. The van der Waals surface area contributed by atoms with Gasteiger partial charge in [-0.2, -0.15) is 0 Å². The van der Waals surface area contributed by atoms with Gasteiger partial charge in [-0.15, -0.1) is 17.0 Å². The standard InChI is InChI=1S/C17H24N2OS.BrH/c18-17-19-13-15(14-21-17)9-5-2-1-3-8-12-20-16-10-6-4-7-11-16;/h4,6-7,10-11,13H,1-3,5,8-9,12,14H2,(H2,18,19);1H. The highest BCUT2D eigenvalue weighted by molar-refractivity contribution is 8.93. The van der Waals surface area contributed by atoms with E-state index in [4.69, 9.17) is 10.5 Å². The molecule has 0 saturated carbocycles. The normalized spacial score (nSPS) is 13.8. The minimum atomic E-state index is 0. The fraction of sp³-hybridized carbons (Fsp3) is 0.471. The number of unbranched alkanes of at least 4 members (excludes halogenated alkanes) is 4. The first-order chi connectivity index (χ1) is 10.3. The van der Waals surface area contributed by atoms with E-state index < -0.39 is 0 Å². The predicted molar refractivity (Wildman–Crippen MR) is 102 cm³/mol. The number of hydrogen-bond acceptors (Lipinski definition) is 4. The second-order valence-corrected chi connectivity index (χ2v) is 6.22. The minimum Gasteiger partial charge on any atom is -0.494 e. The van der Waals surface area contributed by atoms with E-state index in [0.29, 0.717) is 5.17 Å². The molecular weight excluding hydrogens is 360 g/mol. The van der Waals surface area contributed by atoms with Crippen LogP contribution in [0.1, 0.15) is 38.5 Å². The van der Waals surface area contributed by atoms with Crippen LogP contribution >= 0.6 is 28.7 Å². The van der Waals surface area contributed by atoms with Gasteiger partial charge in [-0.3, -0.25) is 0 Å². The van der Waals surface area contributed by atoms with Crippen LogP contribution in [-0.2, 0) is 0 Å². The summed E-state index contributed by atoms with van der Waals surface area (Å²) in [6, 6.07) is 10.0. The van der Waals surface area contributed by atoms with Gasteiger partial charge >= 0.3 is 0 Å². The molecule has 0 radical (unpaired) electrons. The molecule has 0 amide bonds. The van der Waals surface area contributed by atoms with Gasteiger partial charge in [0, 0.05) is 12.0 Å². The Bertz CT molecular complexity index is 477. The number of halogens is 1. The van der Waals surface area contributed by atoms with Crippen molar-refractivity contribution in [3.05, 3.63) is 42.1 Å². The fourth-order valence-electron chi connectivity index (χ4n) is 2.22. The molecule has 2 N–H and O–H groups in total. The maximum atomic E-state index is 5.68. The summed E-state index contributed by atoms with van der Waals surface area (Å²) in [5, 5.41) is 0.692. The Hall–Kier alpha value is -0.940. The number of nitrogens with zero attached hydrogens (tertiary/aromatic N) is 1. The van der Waals surface area contributed by atoms with E-state index in [0.717, 1.165) is 31.0 Å². The van der Waals surface area contributed by atoms with Crippen molar-refractivity contribution in [3.63, 3.8) is 0 Å². The topological polar surface area (TPSA) is 47.6 Å². The summed E-state index contributed by atoms with van der Waals surface area (Å²) >= 11 is 1.64. The van der Waals surface area contributed by atoms with Crippen LogP contribution in [0.4, 0.5) is 0 Å². The third kappa shape index (κ3) is 7.90. The zero-order valence-electron chi connectivity index (χ0n) is 12.9. The number of thioether (sulfide) groups is 1. The zero-order valence-corrected chi connectivity index (χ0v) is 15.4. The third-order valence-corrected chi connectivity index (χ3v) is 4.35. The molecule has 0 spiro atoms. The Balaban J connectivity index is 0.00000242. The van der Waals surface area contributed by atoms with Crippen molar-refractivity contribution in [3.8, 4) is 5.75 Å². The molecule has 0 fully saturated rings. The summed E-state index contributed by atoms with van der Waals surface area (Å²) < 4.78 is 5.68. The number of benzene rings is 1. The van der Waals surface area contributed by atoms with Crippen LogP contribution in [0.25, 0.3) is 0 Å². The van der Waals surface area contributed by atoms with Crippen LogP contribution < -0.4 is 10.5 Å². The van der Waals surface area contributed by atoms with E-state index in [9.17, 15) is 0 Å². The lowest BCUT2D eigenvalue weighted by atomic mass is 10.1. The Kier molecular flexibility index (Phi) is 10.1. The van der Waals surface area contributed by atoms with Gasteiger partial charge in [-0.1, -0.05) is 49.2 Å². The minimum absolute atomic E-state index is 0. The Labute approximate surface area is 148 Å². The number of rotatable bonds is 9. The van der Waals surface area contributed by atoms with Crippen LogP contribution in [0.2, 0.25) is 0 Å². The molecule has 1 aromatic carbocycles. The molecule has 1 aliphatic rings. The molecule has 122 valence electrons. The highest BCUT2D eigenvalue weighted by Gasteiger charge is 2.05. The average Bonchev–Trinajstić information content (AvgIpc) is 2.53. The lowest BCUT2D eigenvalue weighted by Gasteiger charge is -2.10. The second kappa shape index (κ2) is 11.6. The maximum absolute atomic E-state index is 5.68. The molecule has 3 nitrogen and oxygen atoms in total. The molecule has 1 heterocycles. The smallest absolute Gasteiger partial charge is 0.158 e. The number of para-hydroxylation sites is 1. The summed E-state index contributed by atoms with van der Waals surface area (Å²) in [7, 11) is 0. The van der Waals surface area contributed by atoms with Crippen molar-refractivity contribution >= 4 is 33.9 Å². The van der Waals surface area contributed by atoms with Gasteiger partial charge in [0.2, 0.25) is 0 Å². The molecule has 1 aliphatic heterocycles. The molecule has 22 heavy (non-hydrogen) atoms. The second-order valence-electron chi connectivity index (χ2n) is 5.22. The van der Waals surface area contributed by atoms with Crippen molar-refractivity contribution in [2.45, 2.75) is 38.5 Å². The van der Waals surface area contributed by atoms with Gasteiger partial charge in [0.05, 0.1) is 6.61 Å². The average molecular weight is 385 g/mol. The number of ether oxygens (including phenoxy) is 1. The first-order valence-corrected chi connectivity index (χ1v) is 8.65. The van der Waals surface area contributed by atoms with Crippen molar-refractivity contribution in [2.75, 3.05) is 12.4 Å². The predicted octanol–water partition coefficient (Wildman–Crippen LogP) is 4.93. The van der Waals surface area contributed by atoms with E-state index in [-0.39, 0.29) is 17.0 Å². The molecule has 1 aromatic rings. The van der Waals surface area contributed by atoms with Crippen LogP contribution in [0.15, 0.2) is 47.1 Å². The summed E-state index contributed by atoms with van der Waals surface area (Å²) in [6.07, 6.45) is 9.29. The van der Waals surface area contributed by atoms with E-state index in [1.807, 2.05) is 36.5 Å². The van der Waals surface area contributed by atoms with Gasteiger partial charge in [0.1, 0.15) is 5.75 Å². The first kappa shape index (κ1) is 19.1. The van der Waals surface area contributed by atoms with Gasteiger partial charge in [0.25, 0.3) is 0 Å². The Morgan fingerprint density at radius 2 is 1.77 bits per heavy atom. The van der Waals surface area contributed by atoms with E-state index in [1.165, 1.54) is 31.3 Å². The van der Waals surface area contributed by atoms with E-state index in [1.54, 1.807) is 11.8 Å². The lowest BCUT2D eigenvalue weighted by Crippen LogP contribution is -2.10. The van der Waals surface area contributed by atoms with E-state index in [2.05, 4.69) is 4.99 Å². The SMILES string of the molecule is Br.NC1=NC=C(CCCCCCCOc2ccccc2)CS1. The van der Waals surface area contributed by atoms with Crippen molar-refractivity contribution < 1.29 is 4.74 Å². The molecular formula is C17H25BrN2OS. The molecule has 0 unspecified atom stereocenters. The van der Waals surface area contributed by atoms with Crippen molar-refractivity contribution in [1.82, 2.24) is 0 Å². The molecule has 0 bridgehead atoms. The largest absolute Gasteiger partial charge is 0.494 e. The van der Waals surface area contributed by atoms with Crippen LogP contribution in [0, 0.1) is 0 Å². The number of nitrogens with two attached hydrogens (primary N) is 1. The summed E-state index contributed by atoms with van der Waals surface area (Å²) in [6.45, 7) is 0.819. The molecule has 0 aliphatic carbocycles. The number of amidine groups is 1. The third-order valence-electron chi connectivity index (χ3n) is 3.43. The molecule has 0 aromatic heterocycles. The highest BCUT2D eigenvalue weighted by Crippen LogP contribution is 2.19. The van der Waals surface area contributed by atoms with Gasteiger partial charge in [-0.05, 0) is 37.0 Å². The summed E-state index contributed by atoms with van der Waals surface area (Å²) in [5.74, 6) is 1.99. The van der Waals surface area contributed by atoms with Crippen LogP contribution in [-0.4, -0.2) is 17.5 Å². The summed E-state index contributed by atoms with van der Waals surface area (Å²) in [5.41, 5.74) is 7.04. The Morgan fingerprint density at radius 1 is 1.05 bits per heavy atom. The van der Waals surface area contributed by atoms with Crippen molar-refractivity contribution in [1.29, 1.82) is 0 Å². The van der Waals surface area contributed by atoms with Gasteiger partial charge in [-0.25, -0.2) is 4.99 Å². The summed E-state index contributed by atoms with van der Waals surface area (Å²) in [4.78, 5) is 4.16. The fourth-order valence-corrected chi connectivity index (χ4v) is 2.90. The van der Waals surface area contributed by atoms with E-state index >= 15 is 0 Å². The van der Waals surface area contributed by atoms with Gasteiger partial charge < -0.3 is 10.5 Å². The quantitative estimate of drug-likeness (QED) is 0.613. The zero-order chi connectivity index (χ0) is 14.8. The Morgan fingerprint density at radius 3 is 2.50 bits per heavy atom. The van der Waals surface area contributed by atoms with Crippen LogP contribution in [0.5, 0.6) is 5.75 Å². The highest BCUT2D eigenvalue weighted by atomic mass is 79.9. The maximum Gasteiger partial charge on any atom is 0.158 e. The van der Waals surface area contributed by atoms with Crippen LogP contribution in [0.3, 0.4) is 0 Å². The monoisotopic (exact) mass is 384 g/mol. The molecule has 2 rings (SSSR count). The van der Waals surface area contributed by atoms with Crippen molar-refractivity contribution in [2.24, 2.45) is 10.7 Å². The molecule has 0 atom stereocenters. The van der Waals surface area contributed by atoms with Gasteiger partial charge in [0.15, 0.2) is 5.17 Å². The molecule has 0 saturated heterocycles. The number of hydrogen-bond donors (Lipinski definition) is 1.